The first kappa shape index (κ1) is 16.5. The van der Waals surface area contributed by atoms with Crippen LogP contribution in [0.25, 0.3) is 10.9 Å². The van der Waals surface area contributed by atoms with Crippen molar-refractivity contribution < 1.29 is 9.59 Å². The van der Waals surface area contributed by atoms with E-state index in [0.717, 1.165) is 25.9 Å². The van der Waals surface area contributed by atoms with Crippen LogP contribution in [0.5, 0.6) is 0 Å². The number of hydrogen-bond acceptors (Lipinski definition) is 3. The second kappa shape index (κ2) is 6.10. The van der Waals surface area contributed by atoms with Crippen LogP contribution in [0.2, 0.25) is 0 Å². The summed E-state index contributed by atoms with van der Waals surface area (Å²) in [5.74, 6) is -0.411. The van der Waals surface area contributed by atoms with Gasteiger partial charge in [0.15, 0.2) is 0 Å². The maximum absolute atomic E-state index is 12.8. The molecule has 3 amide bonds. The monoisotopic (exact) mass is 410 g/mol. The molecule has 2 heterocycles. The molecule has 1 aliphatic rings. The molecule has 7 heteroatoms. The smallest absolute Gasteiger partial charge is 0.346 e. The fourth-order valence-electron chi connectivity index (χ4n) is 3.04. The summed E-state index contributed by atoms with van der Waals surface area (Å²) < 4.78 is 0.936. The molecule has 130 valence electrons. The van der Waals surface area contributed by atoms with Crippen molar-refractivity contribution in [1.82, 2.24) is 15.3 Å². The van der Waals surface area contributed by atoms with Gasteiger partial charge in [-0.1, -0.05) is 46.3 Å². The Bertz CT molecular complexity index is 1040. The van der Waals surface area contributed by atoms with Crippen LogP contribution >= 0.6 is 15.9 Å². The van der Waals surface area contributed by atoms with Crippen molar-refractivity contribution in [2.24, 2.45) is 5.10 Å². The number of imide groups is 1. The second-order valence-electron chi connectivity index (χ2n) is 6.22. The highest BCUT2D eigenvalue weighted by Gasteiger charge is 2.49. The van der Waals surface area contributed by atoms with Gasteiger partial charge in [0, 0.05) is 27.1 Å². The summed E-state index contributed by atoms with van der Waals surface area (Å²) in [4.78, 5) is 28.3. The van der Waals surface area contributed by atoms with E-state index in [4.69, 9.17) is 0 Å². The Morgan fingerprint density at radius 2 is 1.92 bits per heavy atom. The normalized spacial score (nSPS) is 20.3. The average molecular weight is 411 g/mol. The first-order valence-corrected chi connectivity index (χ1v) is 8.81. The van der Waals surface area contributed by atoms with E-state index in [1.165, 1.54) is 6.21 Å². The molecule has 2 aromatic carbocycles. The Kier molecular flexibility index (Phi) is 3.88. The lowest BCUT2D eigenvalue weighted by molar-refractivity contribution is -0.131. The lowest BCUT2D eigenvalue weighted by Crippen LogP contribution is -2.40. The third-order valence-corrected chi connectivity index (χ3v) is 5.00. The summed E-state index contributed by atoms with van der Waals surface area (Å²) >= 11 is 3.44. The Balaban J connectivity index is 1.66. The Morgan fingerprint density at radius 3 is 2.69 bits per heavy atom. The van der Waals surface area contributed by atoms with Crippen LogP contribution in [0.4, 0.5) is 4.79 Å². The molecule has 0 aliphatic carbocycles. The molecule has 3 aromatic rings. The summed E-state index contributed by atoms with van der Waals surface area (Å²) in [6, 6.07) is 14.4. The van der Waals surface area contributed by atoms with E-state index in [1.807, 2.05) is 48.5 Å². The van der Waals surface area contributed by atoms with E-state index in [1.54, 1.807) is 13.1 Å². The maximum Gasteiger partial charge on any atom is 0.346 e. The van der Waals surface area contributed by atoms with Crippen LogP contribution in [-0.4, -0.2) is 28.1 Å². The van der Waals surface area contributed by atoms with Gasteiger partial charge in [0.05, 0.1) is 6.21 Å². The first-order chi connectivity index (χ1) is 12.5. The SMILES string of the molecule is C[C@]1(c2ccccc2)NC(=O)N(/N=C/c2c[nH]c3ccc(Br)cc23)C1=O. The number of rotatable bonds is 3. The molecule has 0 bridgehead atoms. The van der Waals surface area contributed by atoms with Crippen molar-refractivity contribution in [1.29, 1.82) is 0 Å². The number of aromatic amines is 1. The zero-order valence-electron chi connectivity index (χ0n) is 13.9. The van der Waals surface area contributed by atoms with E-state index in [9.17, 15) is 9.59 Å². The van der Waals surface area contributed by atoms with Crippen LogP contribution in [0.3, 0.4) is 0 Å². The number of nitrogens with zero attached hydrogens (tertiary/aromatic N) is 2. The van der Waals surface area contributed by atoms with Gasteiger partial charge >= 0.3 is 6.03 Å². The van der Waals surface area contributed by atoms with Crippen LogP contribution in [0, 0.1) is 0 Å². The van der Waals surface area contributed by atoms with Crippen LogP contribution < -0.4 is 5.32 Å². The first-order valence-electron chi connectivity index (χ1n) is 8.02. The van der Waals surface area contributed by atoms with Crippen LogP contribution in [0.15, 0.2) is 64.3 Å². The van der Waals surface area contributed by atoms with Crippen molar-refractivity contribution in [3.8, 4) is 0 Å². The molecule has 26 heavy (non-hydrogen) atoms. The molecular weight excluding hydrogens is 396 g/mol. The van der Waals surface area contributed by atoms with E-state index in [0.29, 0.717) is 5.56 Å². The van der Waals surface area contributed by atoms with Crippen molar-refractivity contribution in [3.63, 3.8) is 0 Å². The molecule has 1 saturated heterocycles. The molecule has 4 rings (SSSR count). The van der Waals surface area contributed by atoms with E-state index >= 15 is 0 Å². The number of nitrogens with one attached hydrogen (secondary N) is 2. The standard InChI is InChI=1S/C19H15BrN4O2/c1-19(13-5-3-2-4-6-13)17(25)24(18(26)23-19)22-11-12-10-21-16-8-7-14(20)9-15(12)16/h2-11,21H,1H3,(H,23,26)/b22-11+/t19-/m1/s1. The zero-order valence-corrected chi connectivity index (χ0v) is 15.4. The third-order valence-electron chi connectivity index (χ3n) is 4.51. The van der Waals surface area contributed by atoms with Gasteiger partial charge in [-0.15, -0.1) is 5.01 Å². The number of amides is 3. The molecule has 1 aromatic heterocycles. The average Bonchev–Trinajstić information content (AvgIpc) is 3.13. The fraction of sp³-hybridized carbons (Fsp3) is 0.105. The van der Waals surface area contributed by atoms with Crippen molar-refractivity contribution >= 4 is 45.0 Å². The molecule has 2 N–H and O–H groups in total. The zero-order chi connectivity index (χ0) is 18.3. The number of carbonyl (C=O) groups is 2. The largest absolute Gasteiger partial charge is 0.361 e. The van der Waals surface area contributed by atoms with Crippen LogP contribution in [0.1, 0.15) is 18.1 Å². The number of hydrogen-bond donors (Lipinski definition) is 2. The van der Waals surface area contributed by atoms with Gasteiger partial charge in [0.2, 0.25) is 0 Å². The minimum Gasteiger partial charge on any atom is -0.361 e. The summed E-state index contributed by atoms with van der Waals surface area (Å²) in [7, 11) is 0. The Hall–Kier alpha value is -2.93. The molecule has 6 nitrogen and oxygen atoms in total. The number of halogens is 1. The van der Waals surface area contributed by atoms with Gasteiger partial charge in [0.25, 0.3) is 5.91 Å². The highest BCUT2D eigenvalue weighted by Crippen LogP contribution is 2.29. The quantitative estimate of drug-likeness (QED) is 0.509. The van der Waals surface area contributed by atoms with Gasteiger partial charge < -0.3 is 10.3 Å². The number of hydrazone groups is 1. The number of H-pyrrole nitrogens is 1. The number of carbonyl (C=O) groups excluding carboxylic acids is 2. The lowest BCUT2D eigenvalue weighted by Gasteiger charge is -2.20. The van der Waals surface area contributed by atoms with Gasteiger partial charge in [-0.05, 0) is 30.7 Å². The summed E-state index contributed by atoms with van der Waals surface area (Å²) in [6.45, 7) is 1.68. The fourth-order valence-corrected chi connectivity index (χ4v) is 3.40. The number of benzene rings is 2. The highest BCUT2D eigenvalue weighted by atomic mass is 79.9. The summed E-state index contributed by atoms with van der Waals surface area (Å²) in [6.07, 6.45) is 3.30. The van der Waals surface area contributed by atoms with E-state index < -0.39 is 17.5 Å². The number of urea groups is 1. The lowest BCUT2D eigenvalue weighted by atomic mass is 9.92. The minimum atomic E-state index is -1.13. The highest BCUT2D eigenvalue weighted by molar-refractivity contribution is 9.10. The molecule has 0 saturated carbocycles. The van der Waals surface area contributed by atoms with Gasteiger partial charge in [0.1, 0.15) is 5.54 Å². The topological polar surface area (TPSA) is 77.6 Å². The van der Waals surface area contributed by atoms with Crippen molar-refractivity contribution in [2.45, 2.75) is 12.5 Å². The van der Waals surface area contributed by atoms with Gasteiger partial charge in [-0.3, -0.25) is 4.79 Å². The molecule has 0 unspecified atom stereocenters. The predicted octanol–water partition coefficient (Wildman–Crippen LogP) is 3.73. The van der Waals surface area contributed by atoms with E-state index in [-0.39, 0.29) is 0 Å². The predicted molar refractivity (Wildman–Crippen MR) is 103 cm³/mol. The third kappa shape index (κ3) is 2.61. The van der Waals surface area contributed by atoms with E-state index in [2.05, 4.69) is 31.3 Å². The molecule has 1 fully saturated rings. The molecule has 0 radical (unpaired) electrons. The molecule has 1 aliphatic heterocycles. The van der Waals surface area contributed by atoms with Crippen molar-refractivity contribution in [2.75, 3.05) is 0 Å². The summed E-state index contributed by atoms with van der Waals surface area (Å²) in [5.41, 5.74) is 1.32. The molecule has 1 atom stereocenters. The summed E-state index contributed by atoms with van der Waals surface area (Å²) in [5, 5.41) is 8.70. The molecular formula is C19H15BrN4O2. The van der Waals surface area contributed by atoms with Crippen molar-refractivity contribution in [3.05, 3.63) is 70.3 Å². The second-order valence-corrected chi connectivity index (χ2v) is 7.13. The maximum atomic E-state index is 12.8. The number of aromatic nitrogens is 1. The van der Waals surface area contributed by atoms with Crippen LogP contribution in [-0.2, 0) is 10.3 Å². The number of fused-ring (bicyclic) bond motifs is 1. The molecule has 0 spiro atoms. The van der Waals surface area contributed by atoms with Gasteiger partial charge in [-0.25, -0.2) is 4.79 Å². The minimum absolute atomic E-state index is 0.411. The Morgan fingerprint density at radius 1 is 1.15 bits per heavy atom. The van der Waals surface area contributed by atoms with Gasteiger partial charge in [-0.2, -0.15) is 5.10 Å². The Labute approximate surface area is 158 Å².